The summed E-state index contributed by atoms with van der Waals surface area (Å²) in [5.74, 6) is -0.750. The molecule has 36 heavy (non-hydrogen) atoms. The molecule has 1 aliphatic heterocycles. The van der Waals surface area contributed by atoms with Crippen LogP contribution in [0.1, 0.15) is 43.5 Å². The van der Waals surface area contributed by atoms with Crippen molar-refractivity contribution in [3.8, 4) is 5.88 Å². The number of esters is 1. The summed E-state index contributed by atoms with van der Waals surface area (Å²) in [6, 6.07) is 11.0. The Morgan fingerprint density at radius 3 is 2.56 bits per heavy atom. The lowest BCUT2D eigenvalue weighted by Crippen LogP contribution is -2.66. The van der Waals surface area contributed by atoms with E-state index in [1.54, 1.807) is 19.9 Å². The van der Waals surface area contributed by atoms with Gasteiger partial charge in [0.05, 0.1) is 18.6 Å². The van der Waals surface area contributed by atoms with Gasteiger partial charge in [0.2, 0.25) is 11.8 Å². The number of carbonyl (C=O) groups is 2. The van der Waals surface area contributed by atoms with Crippen molar-refractivity contribution in [3.63, 3.8) is 0 Å². The molecule has 10 heteroatoms. The maximum atomic E-state index is 13.8. The van der Waals surface area contributed by atoms with Gasteiger partial charge in [-0.25, -0.2) is 4.98 Å². The highest BCUT2D eigenvalue weighted by atomic mass is 19.3. The molecule has 0 saturated carbocycles. The summed E-state index contributed by atoms with van der Waals surface area (Å²) in [6.45, 7) is 7.00. The van der Waals surface area contributed by atoms with Gasteiger partial charge in [-0.1, -0.05) is 38.1 Å². The summed E-state index contributed by atoms with van der Waals surface area (Å²) in [4.78, 5) is 31.4. The van der Waals surface area contributed by atoms with Crippen LogP contribution < -0.4 is 15.4 Å². The fraction of sp³-hybridized carbons (Fsp3) is 0.500. The number of likely N-dealkylation sites (tertiary alicyclic amines) is 1. The molecule has 1 aromatic heterocycles. The maximum absolute atomic E-state index is 13.8. The van der Waals surface area contributed by atoms with Crippen LogP contribution in [-0.2, 0) is 19.7 Å². The number of benzene rings is 1. The Morgan fingerprint density at radius 2 is 1.89 bits per heavy atom. The average Bonchev–Trinajstić information content (AvgIpc) is 2.79. The van der Waals surface area contributed by atoms with Gasteiger partial charge in [-0.15, -0.1) is 0 Å². The van der Waals surface area contributed by atoms with Crippen LogP contribution >= 0.6 is 0 Å². The van der Waals surface area contributed by atoms with E-state index < -0.39 is 12.0 Å². The molecule has 1 saturated heterocycles. The summed E-state index contributed by atoms with van der Waals surface area (Å²) in [5, 5.41) is 5.86. The Hall–Kier alpha value is -3.11. The number of nitrogens with one attached hydrogen (secondary N) is 2. The third kappa shape index (κ3) is 6.55. The normalized spacial score (nSPS) is 15.0. The third-order valence-corrected chi connectivity index (χ3v) is 6.15. The van der Waals surface area contributed by atoms with Crippen LogP contribution in [0.25, 0.3) is 0 Å². The highest BCUT2D eigenvalue weighted by Crippen LogP contribution is 2.40. The van der Waals surface area contributed by atoms with Gasteiger partial charge < -0.3 is 20.1 Å². The molecule has 0 radical (unpaired) electrons. The van der Waals surface area contributed by atoms with Crippen molar-refractivity contribution in [2.75, 3.05) is 44.6 Å². The first-order chi connectivity index (χ1) is 17.2. The molecular formula is C26H34F2N4O4. The van der Waals surface area contributed by atoms with Gasteiger partial charge in [-0.3, -0.25) is 14.5 Å². The second kappa shape index (κ2) is 12.2. The maximum Gasteiger partial charge on any atom is 0.388 e. The molecule has 8 nitrogen and oxygen atoms in total. The molecular weight excluding hydrogens is 470 g/mol. The van der Waals surface area contributed by atoms with Crippen LogP contribution in [-0.4, -0.2) is 67.7 Å². The number of pyridine rings is 1. The molecule has 0 unspecified atom stereocenters. The van der Waals surface area contributed by atoms with Gasteiger partial charge in [0.1, 0.15) is 5.69 Å². The van der Waals surface area contributed by atoms with Crippen molar-refractivity contribution >= 4 is 17.6 Å². The molecule has 1 fully saturated rings. The van der Waals surface area contributed by atoms with Crippen LogP contribution in [0, 0.1) is 6.92 Å². The minimum absolute atomic E-state index is 0.0989. The number of hydrogen-bond donors (Lipinski definition) is 2. The van der Waals surface area contributed by atoms with Crippen molar-refractivity contribution < 1.29 is 27.8 Å². The molecule has 0 spiro atoms. The standard InChI is InChI=1S/C26H34F2N4O4/c1-5-35-22(33)14-29-12-13-32-15-26(16-32,20-9-7-6-8-19(20)17(2)3)24(34)31-21-11-10-18(4)30-23(21)36-25(27)28/h6-11,17,25,29H,5,12-16H2,1-4H3,(H,31,34). The SMILES string of the molecule is CCOC(=O)CNCCN1CC(C(=O)Nc2ccc(C)nc2OC(F)F)(c2ccccc2C(C)C)C1. The number of hydrogen-bond acceptors (Lipinski definition) is 7. The third-order valence-electron chi connectivity index (χ3n) is 6.15. The molecule has 1 aromatic carbocycles. The summed E-state index contributed by atoms with van der Waals surface area (Å²) >= 11 is 0. The van der Waals surface area contributed by atoms with Gasteiger partial charge in [-0.2, -0.15) is 8.78 Å². The number of aromatic nitrogens is 1. The van der Waals surface area contributed by atoms with Crippen molar-refractivity contribution in [3.05, 3.63) is 53.2 Å². The topological polar surface area (TPSA) is 92.8 Å². The molecule has 2 N–H and O–H groups in total. The summed E-state index contributed by atoms with van der Waals surface area (Å²) in [5.41, 5.74) is 1.67. The molecule has 196 valence electrons. The summed E-state index contributed by atoms with van der Waals surface area (Å²) in [7, 11) is 0. The lowest BCUT2D eigenvalue weighted by Gasteiger charge is -2.50. The Kier molecular flexibility index (Phi) is 9.33. The minimum Gasteiger partial charge on any atom is -0.465 e. The molecule has 2 heterocycles. The van der Waals surface area contributed by atoms with Crippen molar-refractivity contribution in [2.45, 2.75) is 45.6 Å². The second-order valence-corrected chi connectivity index (χ2v) is 9.15. The Bertz CT molecular complexity index is 1060. The fourth-order valence-corrected chi connectivity index (χ4v) is 4.43. The van der Waals surface area contributed by atoms with Crippen LogP contribution in [0.3, 0.4) is 0 Å². The number of aryl methyl sites for hydroxylation is 1. The number of nitrogens with zero attached hydrogens (tertiary/aromatic N) is 2. The van der Waals surface area contributed by atoms with E-state index >= 15 is 0 Å². The fourth-order valence-electron chi connectivity index (χ4n) is 4.43. The van der Waals surface area contributed by atoms with E-state index in [0.717, 1.165) is 11.1 Å². The lowest BCUT2D eigenvalue weighted by atomic mass is 9.69. The van der Waals surface area contributed by atoms with Crippen molar-refractivity contribution in [1.29, 1.82) is 0 Å². The average molecular weight is 505 g/mol. The Balaban J connectivity index is 1.80. The minimum atomic E-state index is -3.06. The van der Waals surface area contributed by atoms with Gasteiger partial charge in [-0.05, 0) is 43.0 Å². The smallest absolute Gasteiger partial charge is 0.388 e. The molecule has 0 aliphatic carbocycles. The molecule has 0 atom stereocenters. The van der Waals surface area contributed by atoms with Gasteiger partial charge in [0.25, 0.3) is 0 Å². The van der Waals surface area contributed by atoms with Crippen molar-refractivity contribution in [2.24, 2.45) is 0 Å². The highest BCUT2D eigenvalue weighted by Gasteiger charge is 2.51. The number of rotatable bonds is 12. The Morgan fingerprint density at radius 1 is 1.17 bits per heavy atom. The van der Waals surface area contributed by atoms with E-state index in [1.165, 1.54) is 6.07 Å². The second-order valence-electron chi connectivity index (χ2n) is 9.15. The number of amides is 1. The quantitative estimate of drug-likeness (QED) is 0.338. The van der Waals surface area contributed by atoms with Crippen LogP contribution in [0.4, 0.5) is 14.5 Å². The molecule has 1 aliphatic rings. The number of halogens is 2. The van der Waals surface area contributed by atoms with E-state index in [2.05, 4.69) is 39.1 Å². The predicted molar refractivity (Wildman–Crippen MR) is 132 cm³/mol. The first kappa shape index (κ1) is 27.5. The molecule has 2 aromatic rings. The number of anilines is 1. The number of carbonyl (C=O) groups excluding carboxylic acids is 2. The van der Waals surface area contributed by atoms with E-state index in [-0.39, 0.29) is 35.9 Å². The predicted octanol–water partition coefficient (Wildman–Crippen LogP) is 3.46. The van der Waals surface area contributed by atoms with E-state index in [4.69, 9.17) is 4.74 Å². The Labute approximate surface area is 210 Å². The van der Waals surface area contributed by atoms with E-state index in [9.17, 15) is 18.4 Å². The van der Waals surface area contributed by atoms with Crippen LogP contribution in [0.2, 0.25) is 0 Å². The van der Waals surface area contributed by atoms with Gasteiger partial charge in [0, 0.05) is 31.9 Å². The first-order valence-corrected chi connectivity index (χ1v) is 12.1. The molecule has 1 amide bonds. The number of alkyl halides is 2. The van der Waals surface area contributed by atoms with E-state index in [1.807, 2.05) is 24.3 Å². The number of ether oxygens (including phenoxy) is 2. The summed E-state index contributed by atoms with van der Waals surface area (Å²) < 4.78 is 35.4. The van der Waals surface area contributed by atoms with E-state index in [0.29, 0.717) is 38.5 Å². The zero-order chi connectivity index (χ0) is 26.3. The largest absolute Gasteiger partial charge is 0.465 e. The molecule has 0 bridgehead atoms. The van der Waals surface area contributed by atoms with Crippen LogP contribution in [0.5, 0.6) is 5.88 Å². The zero-order valence-corrected chi connectivity index (χ0v) is 21.1. The molecule has 3 rings (SSSR count). The highest BCUT2D eigenvalue weighted by molar-refractivity contribution is 6.01. The summed E-state index contributed by atoms with van der Waals surface area (Å²) in [6.07, 6.45) is 0. The zero-order valence-electron chi connectivity index (χ0n) is 21.1. The monoisotopic (exact) mass is 504 g/mol. The van der Waals surface area contributed by atoms with Crippen LogP contribution in [0.15, 0.2) is 36.4 Å². The lowest BCUT2D eigenvalue weighted by molar-refractivity contribution is -0.142. The first-order valence-electron chi connectivity index (χ1n) is 12.1. The van der Waals surface area contributed by atoms with Gasteiger partial charge >= 0.3 is 12.6 Å². The van der Waals surface area contributed by atoms with Crippen molar-refractivity contribution in [1.82, 2.24) is 15.2 Å². The van der Waals surface area contributed by atoms with Gasteiger partial charge in [0.15, 0.2) is 0 Å².